The van der Waals surface area contributed by atoms with E-state index in [1.807, 2.05) is 18.2 Å². The molecule has 0 spiro atoms. The predicted molar refractivity (Wildman–Crippen MR) is 85.3 cm³/mol. The van der Waals surface area contributed by atoms with Gasteiger partial charge in [-0.3, -0.25) is 9.69 Å². The van der Waals surface area contributed by atoms with Crippen LogP contribution in [-0.2, 0) is 21.1 Å². The van der Waals surface area contributed by atoms with Crippen LogP contribution >= 0.6 is 0 Å². The highest BCUT2D eigenvalue weighted by Gasteiger charge is 2.47. The number of carbonyl (C=O) groups is 1. The molecular formula is C16H22N2O3S. The van der Waals surface area contributed by atoms with E-state index < -0.39 is 9.84 Å². The zero-order valence-corrected chi connectivity index (χ0v) is 13.6. The van der Waals surface area contributed by atoms with E-state index in [9.17, 15) is 13.2 Å². The molecule has 22 heavy (non-hydrogen) atoms. The molecule has 0 unspecified atom stereocenters. The zero-order valence-electron chi connectivity index (χ0n) is 12.8. The fourth-order valence-corrected chi connectivity index (χ4v) is 5.62. The smallest absolute Gasteiger partial charge is 0.219 e. The van der Waals surface area contributed by atoms with Gasteiger partial charge in [-0.15, -0.1) is 0 Å². The quantitative estimate of drug-likeness (QED) is 0.816. The van der Waals surface area contributed by atoms with Crippen LogP contribution in [0.3, 0.4) is 0 Å². The number of piperazine rings is 1. The van der Waals surface area contributed by atoms with E-state index in [1.165, 1.54) is 12.5 Å². The van der Waals surface area contributed by atoms with Crippen LogP contribution in [0.25, 0.3) is 0 Å². The minimum absolute atomic E-state index is 0.0187. The third-order valence-electron chi connectivity index (χ3n) is 4.73. The largest absolute Gasteiger partial charge is 0.336 e. The number of nitrogens with zero attached hydrogens (tertiary/aromatic N) is 2. The van der Waals surface area contributed by atoms with Gasteiger partial charge in [-0.2, -0.15) is 0 Å². The van der Waals surface area contributed by atoms with Crippen molar-refractivity contribution in [1.29, 1.82) is 0 Å². The van der Waals surface area contributed by atoms with E-state index in [0.717, 1.165) is 19.5 Å². The molecule has 3 rings (SSSR count). The zero-order chi connectivity index (χ0) is 15.7. The van der Waals surface area contributed by atoms with Gasteiger partial charge in [-0.1, -0.05) is 30.3 Å². The van der Waals surface area contributed by atoms with Gasteiger partial charge >= 0.3 is 0 Å². The summed E-state index contributed by atoms with van der Waals surface area (Å²) in [6.45, 7) is 3.75. The fourth-order valence-electron chi connectivity index (χ4n) is 3.61. The topological polar surface area (TPSA) is 57.7 Å². The normalized spacial score (nSPS) is 27.6. The Morgan fingerprint density at radius 1 is 1.14 bits per heavy atom. The van der Waals surface area contributed by atoms with Crippen LogP contribution in [0.4, 0.5) is 0 Å². The van der Waals surface area contributed by atoms with Crippen LogP contribution in [0.5, 0.6) is 0 Å². The van der Waals surface area contributed by atoms with E-state index in [2.05, 4.69) is 17.0 Å². The molecule has 5 nitrogen and oxygen atoms in total. The Hall–Kier alpha value is -1.40. The molecule has 1 amide bonds. The van der Waals surface area contributed by atoms with Gasteiger partial charge in [0.25, 0.3) is 0 Å². The highest BCUT2D eigenvalue weighted by atomic mass is 32.2. The second-order valence-electron chi connectivity index (χ2n) is 6.20. The lowest BCUT2D eigenvalue weighted by atomic mass is 10.0. The van der Waals surface area contributed by atoms with Crippen molar-refractivity contribution in [2.24, 2.45) is 0 Å². The van der Waals surface area contributed by atoms with E-state index in [0.29, 0.717) is 6.54 Å². The van der Waals surface area contributed by atoms with Gasteiger partial charge in [0.1, 0.15) is 0 Å². The van der Waals surface area contributed by atoms with Crippen molar-refractivity contribution in [3.05, 3.63) is 35.9 Å². The fraction of sp³-hybridized carbons (Fsp3) is 0.562. The molecule has 120 valence electrons. The number of benzene rings is 1. The first kappa shape index (κ1) is 15.5. The molecule has 0 saturated carbocycles. The van der Waals surface area contributed by atoms with Crippen LogP contribution in [0.2, 0.25) is 0 Å². The molecule has 2 aliphatic rings. The lowest BCUT2D eigenvalue weighted by Gasteiger charge is -2.43. The van der Waals surface area contributed by atoms with Gasteiger partial charge in [-0.05, 0) is 12.0 Å². The van der Waals surface area contributed by atoms with Crippen molar-refractivity contribution < 1.29 is 13.2 Å². The van der Waals surface area contributed by atoms with E-state index in [4.69, 9.17) is 0 Å². The Morgan fingerprint density at radius 3 is 2.50 bits per heavy atom. The summed E-state index contributed by atoms with van der Waals surface area (Å²) >= 11 is 0. The molecule has 2 fully saturated rings. The summed E-state index contributed by atoms with van der Waals surface area (Å²) < 4.78 is 24.0. The van der Waals surface area contributed by atoms with Crippen LogP contribution in [0, 0.1) is 0 Å². The number of sulfone groups is 1. The maximum atomic E-state index is 12.0. The predicted octanol–water partition coefficient (Wildman–Crippen LogP) is 0.559. The van der Waals surface area contributed by atoms with Crippen LogP contribution in [0.15, 0.2) is 30.3 Å². The summed E-state index contributed by atoms with van der Waals surface area (Å²) in [6, 6.07) is 9.99. The second kappa shape index (κ2) is 6.01. The molecule has 0 aromatic heterocycles. The standard InChI is InChI=1S/C16H22N2O3S/c1-13(19)18-10-9-17(8-7-14-5-3-2-4-6-14)15-11-22(20,21)12-16(15)18/h2-6,15-16H,7-12H2,1H3/t15-,16+/m0/s1. The first-order valence-electron chi connectivity index (χ1n) is 7.72. The van der Waals surface area contributed by atoms with Crippen molar-refractivity contribution in [3.63, 3.8) is 0 Å². The Balaban J connectivity index is 1.72. The monoisotopic (exact) mass is 322 g/mol. The van der Waals surface area contributed by atoms with Crippen molar-refractivity contribution in [3.8, 4) is 0 Å². The van der Waals surface area contributed by atoms with Gasteiger partial charge in [0.05, 0.1) is 17.5 Å². The van der Waals surface area contributed by atoms with Crippen molar-refractivity contribution in [1.82, 2.24) is 9.80 Å². The van der Waals surface area contributed by atoms with Gasteiger partial charge < -0.3 is 4.90 Å². The van der Waals surface area contributed by atoms with Crippen LogP contribution < -0.4 is 0 Å². The van der Waals surface area contributed by atoms with Crippen molar-refractivity contribution in [2.45, 2.75) is 25.4 Å². The highest BCUT2D eigenvalue weighted by molar-refractivity contribution is 7.91. The van der Waals surface area contributed by atoms with Gasteiger partial charge in [0, 0.05) is 32.6 Å². The van der Waals surface area contributed by atoms with E-state index in [-0.39, 0.29) is 29.5 Å². The molecule has 2 atom stereocenters. The van der Waals surface area contributed by atoms with Crippen molar-refractivity contribution >= 4 is 15.7 Å². The lowest BCUT2D eigenvalue weighted by Crippen LogP contribution is -2.60. The first-order chi connectivity index (χ1) is 10.5. The maximum Gasteiger partial charge on any atom is 0.219 e. The highest BCUT2D eigenvalue weighted by Crippen LogP contribution is 2.27. The Kier molecular flexibility index (Phi) is 4.23. The molecule has 2 heterocycles. The number of fused-ring (bicyclic) bond motifs is 1. The number of hydrogen-bond acceptors (Lipinski definition) is 4. The summed E-state index contributed by atoms with van der Waals surface area (Å²) in [5.74, 6) is 0.268. The lowest BCUT2D eigenvalue weighted by molar-refractivity contribution is -0.134. The molecule has 0 N–H and O–H groups in total. The Labute approximate surface area is 131 Å². The average molecular weight is 322 g/mol. The SMILES string of the molecule is CC(=O)N1CCN(CCc2ccccc2)[C@H]2CS(=O)(=O)C[C@H]21. The number of amides is 1. The molecule has 2 aliphatic heterocycles. The number of carbonyl (C=O) groups excluding carboxylic acids is 1. The third kappa shape index (κ3) is 3.17. The van der Waals surface area contributed by atoms with E-state index >= 15 is 0 Å². The van der Waals surface area contributed by atoms with Crippen LogP contribution in [-0.4, -0.2) is 67.3 Å². The molecule has 6 heteroatoms. The summed E-state index contributed by atoms with van der Waals surface area (Å²) in [4.78, 5) is 15.7. The molecular weight excluding hydrogens is 300 g/mol. The minimum atomic E-state index is -3.05. The summed E-state index contributed by atoms with van der Waals surface area (Å²) in [6.07, 6.45) is 0.907. The summed E-state index contributed by atoms with van der Waals surface area (Å²) in [7, 11) is -3.05. The molecule has 1 aromatic rings. The number of rotatable bonds is 3. The summed E-state index contributed by atoms with van der Waals surface area (Å²) in [5, 5.41) is 0. The van der Waals surface area contributed by atoms with Gasteiger partial charge in [-0.25, -0.2) is 8.42 Å². The molecule has 1 aromatic carbocycles. The van der Waals surface area contributed by atoms with Crippen LogP contribution in [0.1, 0.15) is 12.5 Å². The summed E-state index contributed by atoms with van der Waals surface area (Å²) in [5.41, 5.74) is 1.26. The maximum absolute atomic E-state index is 12.0. The minimum Gasteiger partial charge on any atom is -0.336 e. The van der Waals surface area contributed by atoms with Crippen molar-refractivity contribution in [2.75, 3.05) is 31.1 Å². The molecule has 0 aliphatic carbocycles. The molecule has 0 bridgehead atoms. The Morgan fingerprint density at radius 2 is 1.82 bits per heavy atom. The Bertz CT molecular complexity index is 645. The van der Waals surface area contributed by atoms with Gasteiger partial charge in [0.15, 0.2) is 9.84 Å². The number of hydrogen-bond donors (Lipinski definition) is 0. The molecule has 0 radical (unpaired) electrons. The first-order valence-corrected chi connectivity index (χ1v) is 9.54. The third-order valence-corrected chi connectivity index (χ3v) is 6.42. The second-order valence-corrected chi connectivity index (χ2v) is 8.35. The van der Waals surface area contributed by atoms with Gasteiger partial charge in [0.2, 0.25) is 5.91 Å². The molecule has 2 saturated heterocycles. The van der Waals surface area contributed by atoms with E-state index in [1.54, 1.807) is 4.90 Å². The average Bonchev–Trinajstić information content (AvgIpc) is 2.80.